The molecule has 0 fully saturated rings. The second-order valence-electron chi connectivity index (χ2n) is 1.85. The van der Waals surface area contributed by atoms with Gasteiger partial charge in [-0.3, -0.25) is 0 Å². The molecule has 56 valence electrons. The molecule has 0 spiro atoms. The molecule has 2 nitrogen and oxygen atoms in total. The van der Waals surface area contributed by atoms with Gasteiger partial charge in [-0.25, -0.2) is 4.99 Å². The fourth-order valence-electron chi connectivity index (χ4n) is 0.353. The molecule has 1 N–H and O–H groups in total. The molecule has 0 saturated carbocycles. The zero-order valence-electron chi connectivity index (χ0n) is 6.76. The number of rotatable bonds is 3. The van der Waals surface area contributed by atoms with Gasteiger partial charge in [-0.15, -0.1) is 0 Å². The lowest BCUT2D eigenvalue weighted by Gasteiger charge is -1.88. The average molecular weight is 138 g/mol. The van der Waals surface area contributed by atoms with Crippen molar-refractivity contribution in [1.29, 1.82) is 0 Å². The molecule has 0 aliphatic rings. The van der Waals surface area contributed by atoms with Gasteiger partial charge in [0.2, 0.25) is 0 Å². The maximum Gasteiger partial charge on any atom is 0.0921 e. The van der Waals surface area contributed by atoms with Gasteiger partial charge in [0.05, 0.1) is 6.34 Å². The van der Waals surface area contributed by atoms with Crippen LogP contribution in [0.3, 0.4) is 0 Å². The summed E-state index contributed by atoms with van der Waals surface area (Å²) in [6.07, 6.45) is 7.35. The van der Waals surface area contributed by atoms with Crippen molar-refractivity contribution in [3.63, 3.8) is 0 Å². The van der Waals surface area contributed by atoms with Crippen LogP contribution in [0.1, 0.15) is 20.8 Å². The molecule has 0 rings (SSSR count). The van der Waals surface area contributed by atoms with Gasteiger partial charge in [0, 0.05) is 5.70 Å². The van der Waals surface area contributed by atoms with E-state index in [1.165, 1.54) is 0 Å². The third kappa shape index (κ3) is 5.09. The number of nitrogens with zero attached hydrogens (tertiary/aromatic N) is 1. The molecule has 0 bridgehead atoms. The summed E-state index contributed by atoms with van der Waals surface area (Å²) >= 11 is 0. The smallest absolute Gasteiger partial charge is 0.0921 e. The third-order valence-corrected chi connectivity index (χ3v) is 1.02. The van der Waals surface area contributed by atoms with Crippen molar-refractivity contribution in [3.05, 3.63) is 24.0 Å². The van der Waals surface area contributed by atoms with Crippen LogP contribution in [0.25, 0.3) is 0 Å². The minimum Gasteiger partial charge on any atom is -0.353 e. The largest absolute Gasteiger partial charge is 0.353 e. The Labute approximate surface area is 62.4 Å². The molecule has 10 heavy (non-hydrogen) atoms. The summed E-state index contributed by atoms with van der Waals surface area (Å²) in [5, 5.41) is 2.89. The van der Waals surface area contributed by atoms with Gasteiger partial charge >= 0.3 is 0 Å². The van der Waals surface area contributed by atoms with Crippen LogP contribution >= 0.6 is 0 Å². The zero-order chi connectivity index (χ0) is 7.82. The second kappa shape index (κ2) is 6.08. The van der Waals surface area contributed by atoms with Crippen molar-refractivity contribution < 1.29 is 0 Å². The molecule has 0 radical (unpaired) electrons. The van der Waals surface area contributed by atoms with E-state index in [2.05, 4.69) is 10.3 Å². The molecule has 0 amide bonds. The molecule has 0 heterocycles. The first-order valence-electron chi connectivity index (χ1n) is 3.34. The van der Waals surface area contributed by atoms with Gasteiger partial charge in [-0.1, -0.05) is 12.2 Å². The standard InChI is InChI=1S/C8H14N2/c1-4-6-9-7-10-8(3)5-2/h4-7H,1-3H3,(H,9,10)/b6-4+,8-5-. The molecule has 0 aromatic carbocycles. The Bertz CT molecular complexity index is 155. The van der Waals surface area contributed by atoms with Crippen molar-refractivity contribution in [2.45, 2.75) is 20.8 Å². The number of nitrogens with one attached hydrogen (secondary N) is 1. The highest BCUT2D eigenvalue weighted by Crippen LogP contribution is 1.89. The van der Waals surface area contributed by atoms with Gasteiger partial charge in [0.15, 0.2) is 0 Å². The van der Waals surface area contributed by atoms with Gasteiger partial charge in [-0.05, 0) is 27.0 Å². The van der Waals surface area contributed by atoms with Crippen LogP contribution in [-0.2, 0) is 0 Å². The zero-order valence-corrected chi connectivity index (χ0v) is 6.76. The summed E-state index contributed by atoms with van der Waals surface area (Å²) in [6, 6.07) is 0. The van der Waals surface area contributed by atoms with E-state index >= 15 is 0 Å². The minimum atomic E-state index is 1.01. The van der Waals surface area contributed by atoms with E-state index in [1.54, 1.807) is 6.34 Å². The van der Waals surface area contributed by atoms with Crippen molar-refractivity contribution in [2.24, 2.45) is 4.99 Å². The van der Waals surface area contributed by atoms with Crippen LogP contribution in [0.5, 0.6) is 0 Å². The van der Waals surface area contributed by atoms with E-state index in [1.807, 2.05) is 39.1 Å². The van der Waals surface area contributed by atoms with E-state index in [0.717, 1.165) is 5.70 Å². The van der Waals surface area contributed by atoms with E-state index in [9.17, 15) is 0 Å². The lowest BCUT2D eigenvalue weighted by Crippen LogP contribution is -1.99. The summed E-state index contributed by atoms with van der Waals surface area (Å²) in [5.41, 5.74) is 1.01. The van der Waals surface area contributed by atoms with Gasteiger partial charge in [-0.2, -0.15) is 0 Å². The number of aliphatic imine (C=N–C) groups is 1. The fraction of sp³-hybridized carbons (Fsp3) is 0.375. The average Bonchev–Trinajstić information content (AvgIpc) is 1.98. The topological polar surface area (TPSA) is 24.4 Å². The Balaban J connectivity index is 3.56. The first-order valence-corrected chi connectivity index (χ1v) is 3.34. The highest BCUT2D eigenvalue weighted by atomic mass is 14.9. The van der Waals surface area contributed by atoms with Crippen LogP contribution < -0.4 is 5.32 Å². The summed E-state index contributed by atoms with van der Waals surface area (Å²) in [4.78, 5) is 4.05. The van der Waals surface area contributed by atoms with Gasteiger partial charge < -0.3 is 5.32 Å². The van der Waals surface area contributed by atoms with Crippen LogP contribution in [0.2, 0.25) is 0 Å². The Hall–Kier alpha value is -1.05. The van der Waals surface area contributed by atoms with Crippen molar-refractivity contribution in [2.75, 3.05) is 0 Å². The molecular formula is C8H14N2. The van der Waals surface area contributed by atoms with E-state index < -0.39 is 0 Å². The van der Waals surface area contributed by atoms with Crippen molar-refractivity contribution in [3.8, 4) is 0 Å². The molecule has 2 heteroatoms. The predicted octanol–water partition coefficient (Wildman–Crippen LogP) is 2.06. The third-order valence-electron chi connectivity index (χ3n) is 1.02. The Kier molecular flexibility index (Phi) is 5.44. The maximum absolute atomic E-state index is 4.05. The quantitative estimate of drug-likeness (QED) is 0.468. The lowest BCUT2D eigenvalue weighted by molar-refractivity contribution is 1.23. The van der Waals surface area contributed by atoms with E-state index in [0.29, 0.717) is 0 Å². The van der Waals surface area contributed by atoms with Crippen LogP contribution in [0.4, 0.5) is 0 Å². The number of hydrogen-bond donors (Lipinski definition) is 1. The summed E-state index contributed by atoms with van der Waals surface area (Å²) in [7, 11) is 0. The van der Waals surface area contributed by atoms with Crippen molar-refractivity contribution >= 4 is 6.34 Å². The second-order valence-corrected chi connectivity index (χ2v) is 1.85. The van der Waals surface area contributed by atoms with Crippen LogP contribution in [-0.4, -0.2) is 6.34 Å². The molecule has 0 aliphatic heterocycles. The molecule has 0 atom stereocenters. The Morgan fingerprint density at radius 2 is 2.10 bits per heavy atom. The molecule has 0 aromatic heterocycles. The summed E-state index contributed by atoms with van der Waals surface area (Å²) < 4.78 is 0. The summed E-state index contributed by atoms with van der Waals surface area (Å²) in [6.45, 7) is 5.86. The summed E-state index contributed by atoms with van der Waals surface area (Å²) in [5.74, 6) is 0. The molecule has 0 saturated heterocycles. The van der Waals surface area contributed by atoms with Crippen LogP contribution in [0, 0.1) is 0 Å². The normalized spacial score (nSPS) is 13.3. The Morgan fingerprint density at radius 1 is 1.40 bits per heavy atom. The van der Waals surface area contributed by atoms with E-state index in [-0.39, 0.29) is 0 Å². The molecular weight excluding hydrogens is 124 g/mol. The van der Waals surface area contributed by atoms with E-state index in [4.69, 9.17) is 0 Å². The SMILES string of the molecule is C/C=C(C)\N=C/N/C=C/C. The first kappa shape index (κ1) is 8.95. The fourth-order valence-corrected chi connectivity index (χ4v) is 0.353. The highest BCUT2D eigenvalue weighted by molar-refractivity contribution is 5.57. The number of hydrogen-bond acceptors (Lipinski definition) is 1. The predicted molar refractivity (Wildman–Crippen MR) is 45.9 cm³/mol. The van der Waals surface area contributed by atoms with Gasteiger partial charge in [0.1, 0.15) is 0 Å². The first-order chi connectivity index (χ1) is 4.81. The number of allylic oxidation sites excluding steroid dienone is 3. The molecule has 0 aromatic rings. The Morgan fingerprint density at radius 3 is 2.60 bits per heavy atom. The van der Waals surface area contributed by atoms with Crippen molar-refractivity contribution in [1.82, 2.24) is 5.32 Å². The van der Waals surface area contributed by atoms with Crippen LogP contribution in [0.15, 0.2) is 29.0 Å². The molecule has 0 unspecified atom stereocenters. The maximum atomic E-state index is 4.05. The monoisotopic (exact) mass is 138 g/mol. The van der Waals surface area contributed by atoms with Gasteiger partial charge in [0.25, 0.3) is 0 Å². The lowest BCUT2D eigenvalue weighted by atomic mass is 10.5. The minimum absolute atomic E-state index is 1.01. The highest BCUT2D eigenvalue weighted by Gasteiger charge is 1.73. The molecule has 0 aliphatic carbocycles.